The standard InChI is InChI=1S/C10H8BrClIN3/c11-7-3-6(1-2-8(7)12)5-16-10(14)9(13)4-15-16/h1-4H,5,14H2. The topological polar surface area (TPSA) is 43.8 Å². The van der Waals surface area contributed by atoms with Gasteiger partial charge >= 0.3 is 0 Å². The van der Waals surface area contributed by atoms with E-state index in [-0.39, 0.29) is 0 Å². The number of halogens is 3. The number of benzene rings is 1. The summed E-state index contributed by atoms with van der Waals surface area (Å²) in [6.45, 7) is 0.643. The molecule has 1 aromatic heterocycles. The first-order valence-electron chi connectivity index (χ1n) is 4.48. The molecule has 3 nitrogen and oxygen atoms in total. The molecule has 0 unspecified atom stereocenters. The molecule has 0 aliphatic heterocycles. The monoisotopic (exact) mass is 411 g/mol. The lowest BCUT2D eigenvalue weighted by Crippen LogP contribution is -2.06. The third-order valence-corrected chi connectivity index (χ3v) is 4.19. The van der Waals surface area contributed by atoms with Crippen LogP contribution < -0.4 is 5.73 Å². The van der Waals surface area contributed by atoms with Crippen LogP contribution in [0.3, 0.4) is 0 Å². The second kappa shape index (κ2) is 4.93. The number of hydrogen-bond acceptors (Lipinski definition) is 2. The highest BCUT2D eigenvalue weighted by atomic mass is 127. The predicted octanol–water partition coefficient (Wildman–Crippen LogP) is 3.53. The molecule has 0 saturated carbocycles. The Morgan fingerprint density at radius 1 is 1.50 bits per heavy atom. The van der Waals surface area contributed by atoms with Gasteiger partial charge in [0, 0.05) is 4.47 Å². The fourth-order valence-corrected chi connectivity index (χ4v) is 2.26. The van der Waals surface area contributed by atoms with E-state index in [4.69, 9.17) is 17.3 Å². The molecule has 1 aromatic carbocycles. The minimum Gasteiger partial charge on any atom is -0.383 e. The Morgan fingerprint density at radius 2 is 2.25 bits per heavy atom. The third kappa shape index (κ3) is 2.52. The molecule has 2 N–H and O–H groups in total. The molecule has 0 bridgehead atoms. The molecule has 2 aromatic rings. The van der Waals surface area contributed by atoms with E-state index in [0.717, 1.165) is 13.6 Å². The summed E-state index contributed by atoms with van der Waals surface area (Å²) < 4.78 is 3.61. The Hall–Kier alpha value is -0.270. The van der Waals surface area contributed by atoms with E-state index < -0.39 is 0 Å². The summed E-state index contributed by atoms with van der Waals surface area (Å²) in [7, 11) is 0. The van der Waals surface area contributed by atoms with Gasteiger partial charge in [0.1, 0.15) is 5.82 Å². The van der Waals surface area contributed by atoms with E-state index in [1.807, 2.05) is 18.2 Å². The number of rotatable bonds is 2. The Morgan fingerprint density at radius 3 is 2.81 bits per heavy atom. The summed E-state index contributed by atoms with van der Waals surface area (Å²) in [4.78, 5) is 0. The molecule has 0 aliphatic rings. The first-order chi connectivity index (χ1) is 7.58. The van der Waals surface area contributed by atoms with Crippen molar-refractivity contribution in [3.63, 3.8) is 0 Å². The summed E-state index contributed by atoms with van der Waals surface area (Å²) in [6.07, 6.45) is 1.75. The highest BCUT2D eigenvalue weighted by Crippen LogP contribution is 2.24. The Kier molecular flexibility index (Phi) is 3.76. The van der Waals surface area contributed by atoms with E-state index in [0.29, 0.717) is 17.4 Å². The van der Waals surface area contributed by atoms with Gasteiger partial charge in [0.05, 0.1) is 21.3 Å². The second-order valence-electron chi connectivity index (χ2n) is 3.28. The summed E-state index contributed by atoms with van der Waals surface area (Å²) in [5.41, 5.74) is 6.97. The molecule has 0 fully saturated rings. The fraction of sp³-hybridized carbons (Fsp3) is 0.100. The maximum absolute atomic E-state index is 5.92. The van der Waals surface area contributed by atoms with E-state index >= 15 is 0 Å². The van der Waals surface area contributed by atoms with E-state index in [2.05, 4.69) is 43.6 Å². The van der Waals surface area contributed by atoms with E-state index in [1.165, 1.54) is 0 Å². The van der Waals surface area contributed by atoms with Crippen LogP contribution in [0.1, 0.15) is 5.56 Å². The van der Waals surface area contributed by atoms with Gasteiger partial charge in [-0.25, -0.2) is 4.68 Å². The van der Waals surface area contributed by atoms with Gasteiger partial charge in [-0.3, -0.25) is 0 Å². The maximum Gasteiger partial charge on any atom is 0.135 e. The quantitative estimate of drug-likeness (QED) is 0.767. The van der Waals surface area contributed by atoms with Gasteiger partial charge in [-0.15, -0.1) is 0 Å². The molecule has 84 valence electrons. The van der Waals surface area contributed by atoms with Crippen molar-refractivity contribution >= 4 is 55.9 Å². The van der Waals surface area contributed by atoms with E-state index in [9.17, 15) is 0 Å². The van der Waals surface area contributed by atoms with Crippen molar-refractivity contribution in [2.45, 2.75) is 6.54 Å². The van der Waals surface area contributed by atoms with Gasteiger partial charge in [-0.1, -0.05) is 17.7 Å². The molecule has 0 atom stereocenters. The minimum absolute atomic E-state index is 0.643. The Bertz CT molecular complexity index is 527. The number of aromatic nitrogens is 2. The highest BCUT2D eigenvalue weighted by molar-refractivity contribution is 14.1. The van der Waals surface area contributed by atoms with Crippen molar-refractivity contribution in [1.82, 2.24) is 9.78 Å². The van der Waals surface area contributed by atoms with Crippen LogP contribution in [0.4, 0.5) is 5.82 Å². The summed E-state index contributed by atoms with van der Waals surface area (Å²) in [6, 6.07) is 5.78. The first kappa shape index (κ1) is 12.2. The number of nitrogen functional groups attached to an aromatic ring is 1. The SMILES string of the molecule is Nc1c(I)cnn1Cc1ccc(Cl)c(Br)c1. The molecular weight excluding hydrogens is 404 g/mol. The molecule has 0 radical (unpaired) electrons. The lowest BCUT2D eigenvalue weighted by molar-refractivity contribution is 0.697. The highest BCUT2D eigenvalue weighted by Gasteiger charge is 2.06. The maximum atomic E-state index is 5.92. The fourth-order valence-electron chi connectivity index (χ4n) is 1.31. The minimum atomic E-state index is 0.643. The summed E-state index contributed by atoms with van der Waals surface area (Å²) in [5, 5.41) is 4.90. The average molecular weight is 412 g/mol. The van der Waals surface area contributed by atoms with Gasteiger partial charge in [-0.05, 0) is 56.2 Å². The van der Waals surface area contributed by atoms with Gasteiger partial charge in [0.2, 0.25) is 0 Å². The number of hydrogen-bond donors (Lipinski definition) is 1. The predicted molar refractivity (Wildman–Crippen MR) is 77.6 cm³/mol. The van der Waals surface area contributed by atoms with Crippen molar-refractivity contribution in [2.75, 3.05) is 5.73 Å². The average Bonchev–Trinajstić information content (AvgIpc) is 2.55. The largest absolute Gasteiger partial charge is 0.383 e. The van der Waals surface area contributed by atoms with Gasteiger partial charge < -0.3 is 5.73 Å². The van der Waals surface area contributed by atoms with Crippen LogP contribution in [-0.4, -0.2) is 9.78 Å². The molecule has 2 rings (SSSR count). The van der Waals surface area contributed by atoms with Crippen LogP contribution in [0.5, 0.6) is 0 Å². The number of nitrogens with zero attached hydrogens (tertiary/aromatic N) is 2. The first-order valence-corrected chi connectivity index (χ1v) is 6.73. The van der Waals surface area contributed by atoms with Crippen LogP contribution >= 0.6 is 50.1 Å². The molecule has 0 spiro atoms. The molecule has 0 aliphatic carbocycles. The lowest BCUT2D eigenvalue weighted by Gasteiger charge is -2.05. The Balaban J connectivity index is 2.27. The van der Waals surface area contributed by atoms with Crippen LogP contribution in [0.15, 0.2) is 28.9 Å². The molecule has 16 heavy (non-hydrogen) atoms. The summed E-state index contributed by atoms with van der Waals surface area (Å²) >= 11 is 11.5. The van der Waals surface area contributed by atoms with Gasteiger partial charge in [0.15, 0.2) is 0 Å². The van der Waals surface area contributed by atoms with Crippen LogP contribution in [0.25, 0.3) is 0 Å². The van der Waals surface area contributed by atoms with Gasteiger partial charge in [-0.2, -0.15) is 5.10 Å². The van der Waals surface area contributed by atoms with E-state index in [1.54, 1.807) is 10.9 Å². The van der Waals surface area contributed by atoms with Crippen molar-refractivity contribution in [3.05, 3.63) is 43.0 Å². The lowest BCUT2D eigenvalue weighted by atomic mass is 10.2. The van der Waals surface area contributed by atoms with Crippen LogP contribution in [0, 0.1) is 3.57 Å². The molecule has 1 heterocycles. The van der Waals surface area contributed by atoms with Crippen molar-refractivity contribution < 1.29 is 0 Å². The molecular formula is C10H8BrClIN3. The Labute approximate surface area is 120 Å². The summed E-state index contributed by atoms with van der Waals surface area (Å²) in [5.74, 6) is 0.687. The normalized spacial score (nSPS) is 10.7. The molecule has 6 heteroatoms. The van der Waals surface area contributed by atoms with Crippen molar-refractivity contribution in [1.29, 1.82) is 0 Å². The molecule has 0 saturated heterocycles. The zero-order valence-electron chi connectivity index (χ0n) is 8.12. The zero-order chi connectivity index (χ0) is 11.7. The van der Waals surface area contributed by atoms with Crippen molar-refractivity contribution in [2.24, 2.45) is 0 Å². The second-order valence-corrected chi connectivity index (χ2v) is 5.71. The number of nitrogens with two attached hydrogens (primary N) is 1. The smallest absolute Gasteiger partial charge is 0.135 e. The van der Waals surface area contributed by atoms with Crippen LogP contribution in [0.2, 0.25) is 5.02 Å². The van der Waals surface area contributed by atoms with Crippen molar-refractivity contribution in [3.8, 4) is 0 Å². The van der Waals surface area contributed by atoms with Gasteiger partial charge in [0.25, 0.3) is 0 Å². The third-order valence-electron chi connectivity index (χ3n) is 2.15. The van der Waals surface area contributed by atoms with Crippen LogP contribution in [-0.2, 0) is 6.54 Å². The molecule has 0 amide bonds. The number of anilines is 1. The zero-order valence-corrected chi connectivity index (χ0v) is 12.6.